The molecule has 0 aliphatic carbocycles. The summed E-state index contributed by atoms with van der Waals surface area (Å²) in [4.78, 5) is 13.2. The largest absolute Gasteiger partial charge is 0.264 e. The fraction of sp³-hybridized carbons (Fsp3) is 0. The first-order valence-electron chi connectivity index (χ1n) is 7.78. The summed E-state index contributed by atoms with van der Waals surface area (Å²) in [5.41, 5.74) is 6.10. The number of hydrogen-bond donors (Lipinski definition) is 0. The van der Waals surface area contributed by atoms with E-state index in [1.807, 2.05) is 54.9 Å². The van der Waals surface area contributed by atoms with Gasteiger partial charge in [-0.15, -0.1) is 0 Å². The Morgan fingerprint density at radius 3 is 1.54 bits per heavy atom. The van der Waals surface area contributed by atoms with Crippen molar-refractivity contribution in [2.75, 3.05) is 0 Å². The van der Waals surface area contributed by atoms with Crippen LogP contribution >= 0.6 is 0 Å². The number of nitrogens with zero attached hydrogens (tertiary/aromatic N) is 3. The molecule has 0 N–H and O–H groups in total. The van der Waals surface area contributed by atoms with Gasteiger partial charge in [-0.05, 0) is 47.5 Å². The van der Waals surface area contributed by atoms with Gasteiger partial charge in [0.2, 0.25) is 0 Å². The third-order valence-electron chi connectivity index (χ3n) is 3.85. The van der Waals surface area contributed by atoms with Crippen LogP contribution in [-0.2, 0) is 0 Å². The summed E-state index contributed by atoms with van der Waals surface area (Å²) in [7, 11) is 0. The van der Waals surface area contributed by atoms with E-state index >= 15 is 0 Å². The number of rotatable bonds is 3. The lowest BCUT2D eigenvalue weighted by Gasteiger charge is -2.09. The van der Waals surface area contributed by atoms with E-state index in [4.69, 9.17) is 4.98 Å². The molecule has 0 unspecified atom stereocenters. The summed E-state index contributed by atoms with van der Waals surface area (Å²) in [5.74, 6) is 0. The maximum Gasteiger partial charge on any atom is 0.0731 e. The monoisotopic (exact) mass is 309 g/mol. The number of benzene rings is 1. The van der Waals surface area contributed by atoms with Gasteiger partial charge in [0.25, 0.3) is 0 Å². The van der Waals surface area contributed by atoms with Gasteiger partial charge in [-0.2, -0.15) is 0 Å². The van der Waals surface area contributed by atoms with Crippen molar-refractivity contribution in [1.82, 2.24) is 15.0 Å². The highest BCUT2D eigenvalue weighted by Gasteiger charge is 2.08. The zero-order chi connectivity index (χ0) is 16.2. The molecule has 4 aromatic rings. The minimum absolute atomic E-state index is 0.906. The van der Waals surface area contributed by atoms with Gasteiger partial charge >= 0.3 is 0 Å². The molecule has 3 nitrogen and oxygen atoms in total. The molecular formula is C21H15N3. The van der Waals surface area contributed by atoms with Crippen molar-refractivity contribution < 1.29 is 0 Å². The minimum Gasteiger partial charge on any atom is -0.264 e. The van der Waals surface area contributed by atoms with Gasteiger partial charge in [0, 0.05) is 35.9 Å². The van der Waals surface area contributed by atoms with Gasteiger partial charge < -0.3 is 0 Å². The summed E-state index contributed by atoms with van der Waals surface area (Å²) in [6.07, 6.45) is 7.22. The third-order valence-corrected chi connectivity index (χ3v) is 3.85. The van der Waals surface area contributed by atoms with Crippen molar-refractivity contribution >= 4 is 0 Å². The number of pyridine rings is 3. The lowest BCUT2D eigenvalue weighted by molar-refractivity contribution is 1.26. The van der Waals surface area contributed by atoms with Crippen LogP contribution in [0.5, 0.6) is 0 Å². The first-order chi connectivity index (χ1) is 11.9. The molecule has 0 radical (unpaired) electrons. The number of hydrogen-bond acceptors (Lipinski definition) is 3. The molecule has 0 bridgehead atoms. The second-order valence-corrected chi connectivity index (χ2v) is 5.48. The maximum absolute atomic E-state index is 4.82. The summed E-state index contributed by atoms with van der Waals surface area (Å²) in [5, 5.41) is 0. The molecule has 0 aliphatic rings. The second-order valence-electron chi connectivity index (χ2n) is 5.48. The maximum atomic E-state index is 4.82. The van der Waals surface area contributed by atoms with Crippen molar-refractivity contribution in [3.8, 4) is 33.6 Å². The van der Waals surface area contributed by atoms with Crippen LogP contribution in [0, 0.1) is 0 Å². The van der Waals surface area contributed by atoms with Crippen LogP contribution in [0.2, 0.25) is 0 Å². The van der Waals surface area contributed by atoms with Crippen molar-refractivity contribution in [3.05, 3.63) is 91.5 Å². The highest BCUT2D eigenvalue weighted by molar-refractivity contribution is 5.76. The molecule has 24 heavy (non-hydrogen) atoms. The zero-order valence-corrected chi connectivity index (χ0v) is 13.0. The predicted octanol–water partition coefficient (Wildman–Crippen LogP) is 4.87. The first-order valence-corrected chi connectivity index (χ1v) is 7.78. The van der Waals surface area contributed by atoms with E-state index in [9.17, 15) is 0 Å². The molecule has 3 aromatic heterocycles. The molecule has 0 fully saturated rings. The van der Waals surface area contributed by atoms with E-state index < -0.39 is 0 Å². The summed E-state index contributed by atoms with van der Waals surface area (Å²) < 4.78 is 0. The molecule has 0 amide bonds. The Bertz CT molecular complexity index is 797. The van der Waals surface area contributed by atoms with Crippen molar-refractivity contribution in [2.45, 2.75) is 0 Å². The smallest absolute Gasteiger partial charge is 0.0731 e. The van der Waals surface area contributed by atoms with E-state index in [1.165, 1.54) is 0 Å². The molecule has 0 atom stereocenters. The summed E-state index contributed by atoms with van der Waals surface area (Å²) >= 11 is 0. The average Bonchev–Trinajstić information content (AvgIpc) is 2.70. The topological polar surface area (TPSA) is 38.7 Å². The third kappa shape index (κ3) is 2.92. The molecule has 114 valence electrons. The Morgan fingerprint density at radius 1 is 0.500 bits per heavy atom. The quantitative estimate of drug-likeness (QED) is 0.542. The molecule has 0 saturated carbocycles. The van der Waals surface area contributed by atoms with Crippen LogP contribution in [0.4, 0.5) is 0 Å². The molecule has 0 spiro atoms. The van der Waals surface area contributed by atoms with Crippen molar-refractivity contribution in [3.63, 3.8) is 0 Å². The van der Waals surface area contributed by atoms with E-state index in [0.717, 1.165) is 33.6 Å². The molecule has 0 aliphatic heterocycles. The van der Waals surface area contributed by atoms with Crippen LogP contribution in [-0.4, -0.2) is 15.0 Å². The molecule has 4 rings (SSSR count). The Labute approximate surface area is 140 Å². The van der Waals surface area contributed by atoms with E-state index in [-0.39, 0.29) is 0 Å². The fourth-order valence-corrected chi connectivity index (χ4v) is 2.65. The van der Waals surface area contributed by atoms with Gasteiger partial charge in [0.15, 0.2) is 0 Å². The van der Waals surface area contributed by atoms with E-state index in [2.05, 4.69) is 34.2 Å². The normalized spacial score (nSPS) is 10.5. The number of aromatic nitrogens is 3. The summed E-state index contributed by atoms with van der Waals surface area (Å²) in [6.45, 7) is 0. The lowest BCUT2D eigenvalue weighted by Crippen LogP contribution is -1.91. The molecule has 0 saturated heterocycles. The lowest BCUT2D eigenvalue weighted by atomic mass is 10.0. The Kier molecular flexibility index (Phi) is 3.82. The second kappa shape index (κ2) is 6.42. The van der Waals surface area contributed by atoms with E-state index in [1.54, 1.807) is 12.4 Å². The first kappa shape index (κ1) is 14.3. The van der Waals surface area contributed by atoms with Crippen LogP contribution < -0.4 is 0 Å². The Hall–Kier alpha value is -3.33. The highest BCUT2D eigenvalue weighted by atomic mass is 14.7. The highest BCUT2D eigenvalue weighted by Crippen LogP contribution is 2.29. The SMILES string of the molecule is c1ccc(-c2cc(-c3cccnc3)nc(-c3cccnc3)c2)cc1. The standard InChI is InChI=1S/C21H15N3/c1-2-6-16(7-3-1)19-12-20(17-8-4-10-22-14-17)24-21(13-19)18-9-5-11-23-15-18/h1-15H. The van der Waals surface area contributed by atoms with Crippen LogP contribution in [0.1, 0.15) is 0 Å². The fourth-order valence-electron chi connectivity index (χ4n) is 2.65. The molecule has 1 aromatic carbocycles. The minimum atomic E-state index is 0.906. The van der Waals surface area contributed by atoms with Crippen LogP contribution in [0.3, 0.4) is 0 Å². The molecule has 3 heteroatoms. The van der Waals surface area contributed by atoms with Crippen molar-refractivity contribution in [1.29, 1.82) is 0 Å². The summed E-state index contributed by atoms with van der Waals surface area (Å²) in [6, 6.07) is 22.4. The van der Waals surface area contributed by atoms with Crippen LogP contribution in [0.15, 0.2) is 91.5 Å². The van der Waals surface area contributed by atoms with Crippen molar-refractivity contribution in [2.24, 2.45) is 0 Å². The van der Waals surface area contributed by atoms with Gasteiger partial charge in [0.05, 0.1) is 11.4 Å². The van der Waals surface area contributed by atoms with Crippen LogP contribution in [0.25, 0.3) is 33.6 Å². The van der Waals surface area contributed by atoms with Gasteiger partial charge in [-0.1, -0.05) is 30.3 Å². The Morgan fingerprint density at radius 2 is 1.04 bits per heavy atom. The van der Waals surface area contributed by atoms with E-state index in [0.29, 0.717) is 0 Å². The molecular weight excluding hydrogens is 294 g/mol. The zero-order valence-electron chi connectivity index (χ0n) is 13.0. The van der Waals surface area contributed by atoms with Gasteiger partial charge in [0.1, 0.15) is 0 Å². The van der Waals surface area contributed by atoms with Gasteiger partial charge in [-0.3, -0.25) is 9.97 Å². The Balaban J connectivity index is 1.92. The predicted molar refractivity (Wildman–Crippen MR) is 96.1 cm³/mol. The van der Waals surface area contributed by atoms with Gasteiger partial charge in [-0.25, -0.2) is 4.98 Å². The molecule has 3 heterocycles. The average molecular weight is 309 g/mol.